The van der Waals surface area contributed by atoms with Crippen molar-refractivity contribution in [2.24, 2.45) is 0 Å². The Morgan fingerprint density at radius 2 is 2.16 bits per heavy atom. The minimum Gasteiger partial charge on any atom is -0.474 e. The molecular weight excluding hydrogens is 414 g/mol. The van der Waals surface area contributed by atoms with Crippen molar-refractivity contribution in [2.75, 3.05) is 12.3 Å². The zero-order chi connectivity index (χ0) is 22.7. The van der Waals surface area contributed by atoms with E-state index in [0.717, 1.165) is 6.42 Å². The first-order valence-electron chi connectivity index (χ1n) is 10.5. The maximum Gasteiger partial charge on any atom is 0.284 e. The van der Waals surface area contributed by atoms with Gasteiger partial charge < -0.3 is 20.7 Å². The summed E-state index contributed by atoms with van der Waals surface area (Å²) in [5, 5.41) is 29.1. The van der Waals surface area contributed by atoms with E-state index in [9.17, 15) is 15.0 Å². The van der Waals surface area contributed by atoms with Gasteiger partial charge in [-0.25, -0.2) is 10.5 Å². The molecule has 2 atom stereocenters. The lowest BCUT2D eigenvalue weighted by Crippen LogP contribution is -2.44. The Labute approximate surface area is 185 Å². The van der Waals surface area contributed by atoms with Crippen molar-refractivity contribution in [2.45, 2.75) is 56.3 Å². The van der Waals surface area contributed by atoms with Crippen molar-refractivity contribution in [3.8, 4) is 23.3 Å². The molecule has 1 heterocycles. The van der Waals surface area contributed by atoms with Crippen LogP contribution in [0.15, 0.2) is 24.3 Å². The number of amides is 1. The van der Waals surface area contributed by atoms with Gasteiger partial charge in [0.1, 0.15) is 24.1 Å². The molecule has 0 saturated heterocycles. The number of aromatic nitrogens is 2. The molecule has 2 aromatic rings. The van der Waals surface area contributed by atoms with Crippen LogP contribution in [0.5, 0.6) is 5.88 Å². The highest BCUT2D eigenvalue weighted by molar-refractivity contribution is 6.00. The first kappa shape index (κ1) is 22.0. The fourth-order valence-corrected chi connectivity index (χ4v) is 3.81. The molecular formula is C22H25N5O5. The maximum atomic E-state index is 12.8. The molecule has 4 rings (SSSR count). The average molecular weight is 439 g/mol. The normalized spacial score (nSPS) is 21.4. The number of aliphatic hydroxyl groups excluding tert-OH is 1. The average Bonchev–Trinajstić information content (AvgIpc) is 3.16. The number of hydrogen-bond donors (Lipinski definition) is 4. The molecule has 2 aliphatic carbocycles. The molecule has 1 amide bonds. The molecule has 168 valence electrons. The van der Waals surface area contributed by atoms with Gasteiger partial charge in [0, 0.05) is 12.0 Å². The van der Waals surface area contributed by atoms with Crippen LogP contribution in [-0.4, -0.2) is 50.5 Å². The summed E-state index contributed by atoms with van der Waals surface area (Å²) in [7, 11) is 0. The molecule has 2 saturated carbocycles. The van der Waals surface area contributed by atoms with Gasteiger partial charge in [0.05, 0.1) is 23.3 Å². The zero-order valence-electron chi connectivity index (χ0n) is 17.5. The fraction of sp³-hybridized carbons (Fsp3) is 0.455. The van der Waals surface area contributed by atoms with Crippen LogP contribution in [0.1, 0.15) is 54.4 Å². The molecule has 0 spiro atoms. The topological polar surface area (TPSA) is 164 Å². The van der Waals surface area contributed by atoms with Crippen molar-refractivity contribution in [3.05, 3.63) is 35.4 Å². The van der Waals surface area contributed by atoms with Crippen molar-refractivity contribution in [1.29, 1.82) is 5.26 Å². The second-order valence-electron chi connectivity index (χ2n) is 8.31. The lowest BCUT2D eigenvalue weighted by Gasteiger charge is -2.35. The molecule has 32 heavy (non-hydrogen) atoms. The van der Waals surface area contributed by atoms with Crippen molar-refractivity contribution < 1.29 is 24.6 Å². The number of aliphatic hydroxyl groups is 2. The Hall–Kier alpha value is -3.26. The summed E-state index contributed by atoms with van der Waals surface area (Å²) in [6.45, 7) is -0.0381. The molecule has 5 N–H and O–H groups in total. The number of anilines is 1. The molecule has 1 aromatic heterocycles. The summed E-state index contributed by atoms with van der Waals surface area (Å²) < 4.78 is 5.96. The number of nitrogen functional groups attached to an aromatic ring is 1. The standard InChI is InChI=1S/C22H25N5O5/c23-11-13-3-1-4-14(9-13)19-25-18(24)17(20(29)27-31-12-22(30)7-2-8-22)21(26-19)32-16-6-5-15(28)10-16/h1,3-4,9,15-16,28,30H,2,5-8,10,12H2,(H,27,29)(H2,24,25,26)/t15-,16-/m0/s1. The number of nitrogens with one attached hydrogen (secondary N) is 1. The van der Waals surface area contributed by atoms with Crippen molar-refractivity contribution in [3.63, 3.8) is 0 Å². The molecule has 0 unspecified atom stereocenters. The van der Waals surface area contributed by atoms with E-state index in [1.54, 1.807) is 24.3 Å². The second kappa shape index (κ2) is 9.08. The third-order valence-electron chi connectivity index (χ3n) is 5.81. The van der Waals surface area contributed by atoms with E-state index in [4.69, 9.17) is 20.6 Å². The van der Waals surface area contributed by atoms with Crippen molar-refractivity contribution in [1.82, 2.24) is 15.4 Å². The van der Waals surface area contributed by atoms with Crippen LogP contribution in [0.2, 0.25) is 0 Å². The first-order chi connectivity index (χ1) is 15.4. The number of ether oxygens (including phenoxy) is 1. The highest BCUT2D eigenvalue weighted by atomic mass is 16.7. The van der Waals surface area contributed by atoms with E-state index < -0.39 is 17.6 Å². The first-order valence-corrected chi connectivity index (χ1v) is 10.5. The van der Waals surface area contributed by atoms with E-state index >= 15 is 0 Å². The van der Waals surface area contributed by atoms with Gasteiger partial charge in [-0.05, 0) is 44.2 Å². The van der Waals surface area contributed by atoms with E-state index in [-0.39, 0.29) is 35.8 Å². The van der Waals surface area contributed by atoms with Crippen LogP contribution in [0, 0.1) is 11.3 Å². The number of rotatable bonds is 7. The minimum absolute atomic E-state index is 0.0302. The molecule has 0 bridgehead atoms. The van der Waals surface area contributed by atoms with Gasteiger partial charge in [-0.2, -0.15) is 10.2 Å². The monoisotopic (exact) mass is 439 g/mol. The summed E-state index contributed by atoms with van der Waals surface area (Å²) >= 11 is 0. The quantitative estimate of drug-likeness (QED) is 0.468. The molecule has 0 aliphatic heterocycles. The molecule has 10 nitrogen and oxygen atoms in total. The van der Waals surface area contributed by atoms with Gasteiger partial charge in [-0.3, -0.25) is 9.63 Å². The van der Waals surface area contributed by atoms with Gasteiger partial charge in [-0.15, -0.1) is 0 Å². The third-order valence-corrected chi connectivity index (χ3v) is 5.81. The number of hydrogen-bond acceptors (Lipinski definition) is 9. The summed E-state index contributed by atoms with van der Waals surface area (Å²) in [6, 6.07) is 8.74. The predicted octanol–water partition coefficient (Wildman–Crippen LogP) is 1.47. The Kier molecular flexibility index (Phi) is 6.23. The molecule has 1 aromatic carbocycles. The summed E-state index contributed by atoms with van der Waals surface area (Å²) in [5.41, 5.74) is 8.35. The van der Waals surface area contributed by atoms with Crippen LogP contribution in [0.3, 0.4) is 0 Å². The number of nitriles is 1. The Morgan fingerprint density at radius 1 is 1.34 bits per heavy atom. The van der Waals surface area contributed by atoms with Crippen LogP contribution >= 0.6 is 0 Å². The zero-order valence-corrected chi connectivity index (χ0v) is 17.5. The highest BCUT2D eigenvalue weighted by Crippen LogP contribution is 2.32. The third kappa shape index (κ3) is 4.80. The van der Waals surface area contributed by atoms with Gasteiger partial charge in [0.2, 0.25) is 5.88 Å². The Bertz CT molecular complexity index is 1050. The second-order valence-corrected chi connectivity index (χ2v) is 8.31. The number of nitrogens with two attached hydrogens (primary N) is 1. The highest BCUT2D eigenvalue weighted by Gasteiger charge is 2.35. The summed E-state index contributed by atoms with van der Waals surface area (Å²) in [6.07, 6.45) is 2.93. The van der Waals surface area contributed by atoms with Crippen LogP contribution < -0.4 is 16.0 Å². The number of carbonyl (C=O) groups excluding carboxylic acids is 1. The number of carbonyl (C=O) groups is 1. The number of benzene rings is 1. The van der Waals surface area contributed by atoms with E-state index in [1.807, 2.05) is 0 Å². The van der Waals surface area contributed by atoms with Crippen LogP contribution in [0.4, 0.5) is 5.82 Å². The van der Waals surface area contributed by atoms with Gasteiger partial charge in [0.15, 0.2) is 5.82 Å². The number of nitrogens with zero attached hydrogens (tertiary/aromatic N) is 3. The van der Waals surface area contributed by atoms with E-state index in [0.29, 0.717) is 43.2 Å². The molecule has 2 fully saturated rings. The maximum absolute atomic E-state index is 12.8. The fourth-order valence-electron chi connectivity index (χ4n) is 3.81. The van der Waals surface area contributed by atoms with E-state index in [1.165, 1.54) is 0 Å². The predicted molar refractivity (Wildman–Crippen MR) is 113 cm³/mol. The summed E-state index contributed by atoms with van der Waals surface area (Å²) in [5.74, 6) is -0.641. The van der Waals surface area contributed by atoms with E-state index in [2.05, 4.69) is 21.5 Å². The van der Waals surface area contributed by atoms with Gasteiger partial charge in [0.25, 0.3) is 5.91 Å². The van der Waals surface area contributed by atoms with Gasteiger partial charge >= 0.3 is 0 Å². The SMILES string of the molecule is N#Cc1cccc(-c2nc(N)c(C(=O)NOCC3(O)CCC3)c(O[C@H]3CC[C@H](O)C3)n2)c1. The summed E-state index contributed by atoms with van der Waals surface area (Å²) in [4.78, 5) is 26.7. The Morgan fingerprint density at radius 3 is 2.81 bits per heavy atom. The van der Waals surface area contributed by atoms with Crippen molar-refractivity contribution >= 4 is 11.7 Å². The lowest BCUT2D eigenvalue weighted by atomic mass is 9.81. The van der Waals surface area contributed by atoms with Crippen LogP contribution in [0.25, 0.3) is 11.4 Å². The molecule has 2 aliphatic rings. The van der Waals surface area contributed by atoms with Gasteiger partial charge in [-0.1, -0.05) is 12.1 Å². The molecule has 0 radical (unpaired) electrons. The largest absolute Gasteiger partial charge is 0.474 e. The van der Waals surface area contributed by atoms with Crippen LogP contribution in [-0.2, 0) is 4.84 Å². The minimum atomic E-state index is -0.926. The smallest absolute Gasteiger partial charge is 0.284 e. The lowest BCUT2D eigenvalue weighted by molar-refractivity contribution is -0.113. The number of hydroxylamine groups is 1. The molecule has 10 heteroatoms. The Balaban J connectivity index is 1.61.